The van der Waals surface area contributed by atoms with Gasteiger partial charge in [0.25, 0.3) is 20.0 Å². The fourth-order valence-corrected chi connectivity index (χ4v) is 12.0. The Labute approximate surface area is 445 Å². The van der Waals surface area contributed by atoms with Crippen LogP contribution in [0.25, 0.3) is 22.3 Å². The van der Waals surface area contributed by atoms with Crippen molar-refractivity contribution in [1.29, 1.82) is 0 Å². The van der Waals surface area contributed by atoms with Gasteiger partial charge in [-0.15, -0.1) is 11.3 Å². The lowest BCUT2D eigenvalue weighted by molar-refractivity contribution is 0.240. The Morgan fingerprint density at radius 1 is 0.519 bits per heavy atom. The molecule has 3 aromatic heterocycles. The molecule has 0 saturated heterocycles. The molecule has 0 saturated carbocycles. The largest absolute Gasteiger partial charge is 0.329 e. The number of pyridine rings is 2. The zero-order valence-electron chi connectivity index (χ0n) is 41.9. The Morgan fingerprint density at radius 2 is 0.935 bits per heavy atom. The van der Waals surface area contributed by atoms with Gasteiger partial charge in [0.05, 0.1) is 33.3 Å². The molecule has 400 valence electrons. The molecule has 0 aliphatic carbocycles. The van der Waals surface area contributed by atoms with Crippen LogP contribution in [-0.4, -0.2) is 38.9 Å². The summed E-state index contributed by atoms with van der Waals surface area (Å²) in [6, 6.07) is 24.6. The SMILES string of the molecule is CCc1c(F)cc(F)cc1-c1cccnc1[C@H](Cc1cc(F)cc(F)c1)NC(=O)NS(=O)(=O)c1ccccc1C.Cc1cc(-c2cccnc2[C@H](Cc2cc(F)cc(F)c2)NC(=O)NS(=O)(=O)c2ccccc2C)c(C)s1. The number of carbonyl (C=O) groups is 2. The number of urea groups is 2. The third-order valence-corrected chi connectivity index (χ3v) is 16.0. The summed E-state index contributed by atoms with van der Waals surface area (Å²) in [7, 11) is -8.46. The third kappa shape index (κ3) is 14.3. The highest BCUT2D eigenvalue weighted by Gasteiger charge is 2.28. The second-order valence-electron chi connectivity index (χ2n) is 17.7. The standard InChI is InChI=1S/C29H25F4N3O3S.C27H25F2N3O3S2/c1-3-22-24(15-21(32)16-25(22)33)23-8-6-10-34-28(23)26(13-18-11-19(30)14-20(31)12-18)35-29(37)36-40(38,39)27-9-5-4-7-17(27)2;1-16-7-4-5-9-25(16)37(34,35)32-27(33)31-24(14-19-12-20(28)15-21(29)13-19)26-22(8-6-10-30-26)23-11-17(2)36-18(23)3/h4-12,14-16,26H,3,13H2,1-2H3,(H2,35,36,37);4-13,15,24H,14H2,1-3H3,(H2,31,32,33)/t26-;24-/m00/s1. The van der Waals surface area contributed by atoms with Crippen molar-refractivity contribution in [2.75, 3.05) is 0 Å². The number of benzene rings is 5. The lowest BCUT2D eigenvalue weighted by Crippen LogP contribution is -2.42. The number of carbonyl (C=O) groups excluding carboxylic acids is 2. The molecule has 21 heteroatoms. The summed E-state index contributed by atoms with van der Waals surface area (Å²) in [5, 5.41) is 5.19. The average molecular weight is 1110 g/mol. The lowest BCUT2D eigenvalue weighted by Gasteiger charge is -2.23. The topological polar surface area (TPSA) is 176 Å². The molecule has 0 aliphatic heterocycles. The first-order valence-electron chi connectivity index (χ1n) is 23.6. The molecule has 8 aromatic rings. The van der Waals surface area contributed by atoms with E-state index in [1.807, 2.05) is 35.4 Å². The molecule has 0 radical (unpaired) electrons. The molecular weight excluding hydrogens is 1060 g/mol. The number of amides is 4. The second-order valence-corrected chi connectivity index (χ2v) is 22.5. The maximum Gasteiger partial charge on any atom is 0.329 e. The van der Waals surface area contributed by atoms with Gasteiger partial charge in [-0.3, -0.25) is 9.97 Å². The fourth-order valence-electron chi connectivity index (χ4n) is 8.75. The summed E-state index contributed by atoms with van der Waals surface area (Å²) in [6.07, 6.45) is 2.88. The van der Waals surface area contributed by atoms with Crippen LogP contribution in [0.15, 0.2) is 150 Å². The molecule has 4 N–H and O–H groups in total. The van der Waals surface area contributed by atoms with Crippen molar-refractivity contribution < 1.29 is 52.8 Å². The van der Waals surface area contributed by atoms with E-state index in [4.69, 9.17) is 0 Å². The number of thiophene rings is 1. The van der Waals surface area contributed by atoms with Gasteiger partial charge in [0, 0.05) is 51.5 Å². The first-order valence-corrected chi connectivity index (χ1v) is 27.4. The summed E-state index contributed by atoms with van der Waals surface area (Å²) < 4.78 is 140. The van der Waals surface area contributed by atoms with E-state index < -0.39 is 79.1 Å². The minimum absolute atomic E-state index is 0.0291. The van der Waals surface area contributed by atoms with Gasteiger partial charge in [0.2, 0.25) is 0 Å². The maximum absolute atomic E-state index is 14.7. The van der Waals surface area contributed by atoms with Gasteiger partial charge < -0.3 is 10.6 Å². The zero-order valence-corrected chi connectivity index (χ0v) is 44.3. The predicted molar refractivity (Wildman–Crippen MR) is 282 cm³/mol. The highest BCUT2D eigenvalue weighted by Crippen LogP contribution is 2.36. The number of aromatic nitrogens is 2. The third-order valence-electron chi connectivity index (χ3n) is 12.0. The first-order chi connectivity index (χ1) is 36.5. The zero-order chi connectivity index (χ0) is 55.8. The smallest absolute Gasteiger partial charge is 0.329 e. The second kappa shape index (κ2) is 24.4. The van der Waals surface area contributed by atoms with Gasteiger partial charge in [-0.2, -0.15) is 0 Å². The highest BCUT2D eigenvalue weighted by molar-refractivity contribution is 7.90. The minimum Gasteiger partial charge on any atom is -0.329 e. The van der Waals surface area contributed by atoms with Crippen molar-refractivity contribution in [1.82, 2.24) is 30.0 Å². The van der Waals surface area contributed by atoms with Gasteiger partial charge in [0.1, 0.15) is 34.9 Å². The molecule has 3 heterocycles. The molecule has 12 nitrogen and oxygen atoms in total. The van der Waals surface area contributed by atoms with Crippen LogP contribution >= 0.6 is 11.3 Å². The quantitative estimate of drug-likeness (QED) is 0.0733. The van der Waals surface area contributed by atoms with Crippen LogP contribution in [0.4, 0.5) is 35.9 Å². The number of hydrogen-bond donors (Lipinski definition) is 4. The Morgan fingerprint density at radius 3 is 1.34 bits per heavy atom. The number of aryl methyl sites for hydroxylation is 4. The Bertz CT molecular complexity index is 3690. The Balaban J connectivity index is 0.000000224. The number of sulfonamides is 2. The van der Waals surface area contributed by atoms with Crippen molar-refractivity contribution >= 4 is 43.4 Å². The van der Waals surface area contributed by atoms with E-state index in [1.54, 1.807) is 80.8 Å². The lowest BCUT2D eigenvalue weighted by atomic mass is 9.92. The number of rotatable bonds is 15. The van der Waals surface area contributed by atoms with E-state index in [0.717, 1.165) is 51.2 Å². The van der Waals surface area contributed by atoms with Crippen LogP contribution < -0.4 is 20.1 Å². The van der Waals surface area contributed by atoms with E-state index in [2.05, 4.69) is 20.6 Å². The van der Waals surface area contributed by atoms with Crippen molar-refractivity contribution in [3.63, 3.8) is 0 Å². The van der Waals surface area contributed by atoms with Gasteiger partial charge in [0.15, 0.2) is 0 Å². The molecule has 8 rings (SSSR count). The fraction of sp³-hybridized carbons (Fsp3) is 0.179. The molecule has 0 aliphatic rings. The Hall–Kier alpha value is -7.88. The monoisotopic (exact) mass is 1110 g/mol. The molecule has 4 amide bonds. The maximum atomic E-state index is 14.7. The van der Waals surface area contributed by atoms with Crippen LogP contribution in [0.1, 0.15) is 68.0 Å². The van der Waals surface area contributed by atoms with Gasteiger partial charge in [-0.25, -0.2) is 62.2 Å². The summed E-state index contributed by atoms with van der Waals surface area (Å²) >= 11 is 1.61. The average Bonchev–Trinajstić information content (AvgIpc) is 3.70. The van der Waals surface area contributed by atoms with Gasteiger partial charge in [-0.05, 0) is 147 Å². The van der Waals surface area contributed by atoms with Crippen molar-refractivity contribution in [2.45, 2.75) is 75.8 Å². The highest BCUT2D eigenvalue weighted by atomic mass is 32.2. The summed E-state index contributed by atoms with van der Waals surface area (Å²) in [5.41, 5.74) is 4.09. The summed E-state index contributed by atoms with van der Waals surface area (Å²) in [4.78, 5) is 36.8. The normalized spacial score (nSPS) is 12.2. The number of nitrogens with one attached hydrogen (secondary N) is 4. The van der Waals surface area contributed by atoms with Crippen molar-refractivity contribution in [2.24, 2.45) is 0 Å². The van der Waals surface area contributed by atoms with Gasteiger partial charge in [-0.1, -0.05) is 55.5 Å². The minimum atomic E-state index is -4.29. The van der Waals surface area contributed by atoms with Crippen LogP contribution in [-0.2, 0) is 39.3 Å². The van der Waals surface area contributed by atoms with E-state index in [-0.39, 0.29) is 62.6 Å². The van der Waals surface area contributed by atoms with E-state index >= 15 is 0 Å². The molecule has 0 spiro atoms. The van der Waals surface area contributed by atoms with E-state index in [9.17, 15) is 52.8 Å². The summed E-state index contributed by atoms with van der Waals surface area (Å²) in [5.74, 6) is -4.84. The molecule has 2 atom stereocenters. The van der Waals surface area contributed by atoms with E-state index in [1.165, 1.54) is 42.6 Å². The number of hydrogen-bond acceptors (Lipinski definition) is 9. The van der Waals surface area contributed by atoms with Crippen LogP contribution in [0.3, 0.4) is 0 Å². The molecule has 0 fully saturated rings. The molecular formula is C56H50F6N6O6S3. The van der Waals surface area contributed by atoms with Crippen LogP contribution in [0.2, 0.25) is 0 Å². The number of halogens is 6. The molecule has 0 unspecified atom stereocenters. The van der Waals surface area contributed by atoms with Crippen LogP contribution in [0, 0.1) is 62.6 Å². The predicted octanol–water partition coefficient (Wildman–Crippen LogP) is 12.1. The molecule has 5 aromatic carbocycles. The first kappa shape index (κ1) is 56.8. The molecule has 77 heavy (non-hydrogen) atoms. The van der Waals surface area contributed by atoms with E-state index in [0.29, 0.717) is 22.9 Å². The van der Waals surface area contributed by atoms with Crippen LogP contribution in [0.5, 0.6) is 0 Å². The molecule has 0 bridgehead atoms. The Kier molecular flexibility index (Phi) is 18.0. The van der Waals surface area contributed by atoms with Crippen molar-refractivity contribution in [3.8, 4) is 22.3 Å². The van der Waals surface area contributed by atoms with Gasteiger partial charge >= 0.3 is 12.1 Å². The van der Waals surface area contributed by atoms with Crippen molar-refractivity contribution in [3.05, 3.63) is 224 Å². The number of nitrogens with zero attached hydrogens (tertiary/aromatic N) is 2. The summed E-state index contributed by atoms with van der Waals surface area (Å²) in [6.45, 7) is 8.82.